The molecule has 162 valence electrons. The summed E-state index contributed by atoms with van der Waals surface area (Å²) in [7, 11) is 1.88. The number of hydrogen-bond acceptors (Lipinski definition) is 5. The van der Waals surface area contributed by atoms with Crippen molar-refractivity contribution in [1.82, 2.24) is 19.5 Å². The molecule has 1 saturated heterocycles. The third kappa shape index (κ3) is 4.26. The zero-order valence-corrected chi connectivity index (χ0v) is 17.6. The molecular formula is C22H24F2N6O. The lowest BCUT2D eigenvalue weighted by atomic mass is 10.1. The molecule has 0 spiro atoms. The van der Waals surface area contributed by atoms with E-state index in [1.165, 1.54) is 17.3 Å². The van der Waals surface area contributed by atoms with Gasteiger partial charge in [-0.1, -0.05) is 13.8 Å². The normalized spacial score (nSPS) is 15.5. The van der Waals surface area contributed by atoms with E-state index < -0.39 is 18.4 Å². The summed E-state index contributed by atoms with van der Waals surface area (Å²) in [5.41, 5.74) is 2.20. The van der Waals surface area contributed by atoms with E-state index in [-0.39, 0.29) is 24.4 Å². The molecule has 4 rings (SSSR count). The molecule has 1 fully saturated rings. The topological polar surface area (TPSA) is 75.9 Å². The van der Waals surface area contributed by atoms with Crippen LogP contribution in [0.5, 0.6) is 0 Å². The van der Waals surface area contributed by atoms with Gasteiger partial charge >= 0.3 is 0 Å². The van der Waals surface area contributed by atoms with E-state index in [1.807, 2.05) is 43.8 Å². The predicted molar refractivity (Wildman–Crippen MR) is 114 cm³/mol. The second kappa shape index (κ2) is 8.05. The Labute approximate surface area is 179 Å². The Hall–Kier alpha value is -3.36. The monoisotopic (exact) mass is 426 g/mol. The lowest BCUT2D eigenvalue weighted by Crippen LogP contribution is -2.27. The number of nitrogens with zero attached hydrogens (tertiary/aromatic N) is 5. The summed E-state index contributed by atoms with van der Waals surface area (Å²) in [6.07, 6.45) is 6.15. The highest BCUT2D eigenvalue weighted by Crippen LogP contribution is 2.39. The molecule has 1 N–H and O–H groups in total. The van der Waals surface area contributed by atoms with Gasteiger partial charge in [0.2, 0.25) is 0 Å². The molecule has 1 aliphatic rings. The molecule has 0 saturated carbocycles. The summed E-state index contributed by atoms with van der Waals surface area (Å²) in [5.74, 6) is -2.11. The SMILES string of the molecule is CC(C)c1ncc(C(=O)Nc2c(-c3cccn3C)ccnc2N2CCC(F)(F)C2)cn1. The van der Waals surface area contributed by atoms with Gasteiger partial charge in [-0.15, -0.1) is 0 Å². The van der Waals surface area contributed by atoms with Gasteiger partial charge in [-0.2, -0.15) is 0 Å². The maximum atomic E-state index is 13.9. The van der Waals surface area contributed by atoms with E-state index in [0.29, 0.717) is 22.9 Å². The van der Waals surface area contributed by atoms with Crippen LogP contribution in [0.3, 0.4) is 0 Å². The Morgan fingerprint density at radius 1 is 1.19 bits per heavy atom. The van der Waals surface area contributed by atoms with E-state index in [9.17, 15) is 13.6 Å². The fraction of sp³-hybridized carbons (Fsp3) is 0.364. The van der Waals surface area contributed by atoms with Crippen molar-refractivity contribution in [3.63, 3.8) is 0 Å². The van der Waals surface area contributed by atoms with E-state index in [1.54, 1.807) is 12.3 Å². The number of aromatic nitrogens is 4. The Balaban J connectivity index is 1.73. The largest absolute Gasteiger partial charge is 0.351 e. The minimum atomic E-state index is -2.79. The van der Waals surface area contributed by atoms with Crippen molar-refractivity contribution in [1.29, 1.82) is 0 Å². The van der Waals surface area contributed by atoms with Crippen molar-refractivity contribution in [2.24, 2.45) is 7.05 Å². The molecule has 0 unspecified atom stereocenters. The standard InChI is InChI=1S/C22H24F2N6O/c1-14(2)19-26-11-15(12-27-19)21(31)28-18-16(17-5-4-9-29(17)3)6-8-25-20(18)30-10-7-22(23,24)13-30/h4-6,8-9,11-12,14H,7,10,13H2,1-3H3,(H,28,31). The summed E-state index contributed by atoms with van der Waals surface area (Å²) in [4.78, 5) is 27.4. The Bertz CT molecular complexity index is 1090. The molecule has 9 heteroatoms. The number of halogens is 2. The van der Waals surface area contributed by atoms with Gasteiger partial charge in [-0.25, -0.2) is 23.7 Å². The first-order valence-corrected chi connectivity index (χ1v) is 10.1. The number of alkyl halides is 2. The lowest BCUT2D eigenvalue weighted by Gasteiger charge is -2.23. The Kier molecular flexibility index (Phi) is 5.43. The molecule has 7 nitrogen and oxygen atoms in total. The number of amides is 1. The second-order valence-corrected chi connectivity index (χ2v) is 8.03. The fourth-order valence-electron chi connectivity index (χ4n) is 3.62. The molecule has 0 aliphatic carbocycles. The van der Waals surface area contributed by atoms with Gasteiger partial charge in [-0.05, 0) is 18.2 Å². The lowest BCUT2D eigenvalue weighted by molar-refractivity contribution is 0.0257. The number of nitrogens with one attached hydrogen (secondary N) is 1. The highest BCUT2D eigenvalue weighted by molar-refractivity contribution is 6.07. The predicted octanol–water partition coefficient (Wildman–Crippen LogP) is 4.10. The first-order valence-electron chi connectivity index (χ1n) is 10.1. The van der Waals surface area contributed by atoms with Crippen LogP contribution in [0.15, 0.2) is 43.0 Å². The summed E-state index contributed by atoms with van der Waals surface area (Å²) in [6, 6.07) is 5.54. The van der Waals surface area contributed by atoms with Gasteiger partial charge in [0.1, 0.15) is 5.82 Å². The van der Waals surface area contributed by atoms with E-state index in [0.717, 1.165) is 5.69 Å². The number of aryl methyl sites for hydroxylation is 1. The smallest absolute Gasteiger partial charge is 0.266 e. The van der Waals surface area contributed by atoms with Crippen molar-refractivity contribution in [3.05, 3.63) is 54.4 Å². The molecule has 31 heavy (non-hydrogen) atoms. The van der Waals surface area contributed by atoms with Crippen LogP contribution in [0.1, 0.15) is 42.4 Å². The van der Waals surface area contributed by atoms with Gasteiger partial charge < -0.3 is 14.8 Å². The van der Waals surface area contributed by atoms with Crippen LogP contribution >= 0.6 is 0 Å². The maximum Gasteiger partial charge on any atom is 0.266 e. The molecule has 0 aromatic carbocycles. The van der Waals surface area contributed by atoms with Crippen molar-refractivity contribution in [2.75, 3.05) is 23.3 Å². The summed E-state index contributed by atoms with van der Waals surface area (Å²) >= 11 is 0. The summed E-state index contributed by atoms with van der Waals surface area (Å²) in [6.45, 7) is 3.65. The number of carbonyl (C=O) groups is 1. The van der Waals surface area contributed by atoms with Crippen molar-refractivity contribution in [3.8, 4) is 11.3 Å². The molecule has 1 amide bonds. The molecule has 4 heterocycles. The van der Waals surface area contributed by atoms with E-state index >= 15 is 0 Å². The molecule has 1 aliphatic heterocycles. The quantitative estimate of drug-likeness (QED) is 0.665. The zero-order chi connectivity index (χ0) is 22.2. The van der Waals surface area contributed by atoms with Crippen molar-refractivity contribution >= 4 is 17.4 Å². The van der Waals surface area contributed by atoms with Crippen molar-refractivity contribution in [2.45, 2.75) is 32.1 Å². The van der Waals surface area contributed by atoms with Gasteiger partial charge in [-0.3, -0.25) is 4.79 Å². The van der Waals surface area contributed by atoms with Gasteiger partial charge in [0.25, 0.3) is 11.8 Å². The second-order valence-electron chi connectivity index (χ2n) is 8.03. The van der Waals surface area contributed by atoms with Crippen LogP contribution in [0.25, 0.3) is 11.3 Å². The van der Waals surface area contributed by atoms with Gasteiger partial charge in [0.15, 0.2) is 5.82 Å². The molecule has 0 radical (unpaired) electrons. The van der Waals surface area contributed by atoms with E-state index in [2.05, 4.69) is 20.3 Å². The van der Waals surface area contributed by atoms with Crippen LogP contribution < -0.4 is 10.2 Å². The molecule has 3 aromatic rings. The van der Waals surface area contributed by atoms with Gasteiger partial charge in [0.05, 0.1) is 23.5 Å². The number of carbonyl (C=O) groups excluding carboxylic acids is 1. The number of pyridine rings is 1. The first kappa shape index (κ1) is 20.9. The number of rotatable bonds is 5. The molecule has 3 aromatic heterocycles. The average molecular weight is 426 g/mol. The van der Waals surface area contributed by atoms with Crippen molar-refractivity contribution < 1.29 is 13.6 Å². The molecular weight excluding hydrogens is 402 g/mol. The van der Waals surface area contributed by atoms with Crippen LogP contribution in [-0.4, -0.2) is 44.4 Å². The fourth-order valence-corrected chi connectivity index (χ4v) is 3.62. The summed E-state index contributed by atoms with van der Waals surface area (Å²) in [5, 5.41) is 2.88. The Morgan fingerprint density at radius 2 is 1.94 bits per heavy atom. The summed E-state index contributed by atoms with van der Waals surface area (Å²) < 4.78 is 29.7. The van der Waals surface area contributed by atoms with Crippen LogP contribution in [0.2, 0.25) is 0 Å². The number of anilines is 2. The average Bonchev–Trinajstić information content (AvgIpc) is 3.33. The maximum absolute atomic E-state index is 13.9. The van der Waals surface area contributed by atoms with E-state index in [4.69, 9.17) is 0 Å². The third-order valence-corrected chi connectivity index (χ3v) is 5.31. The number of hydrogen-bond donors (Lipinski definition) is 1. The highest BCUT2D eigenvalue weighted by atomic mass is 19.3. The van der Waals surface area contributed by atoms with Crippen LogP contribution in [0.4, 0.5) is 20.3 Å². The minimum Gasteiger partial charge on any atom is -0.351 e. The first-order chi connectivity index (χ1) is 14.7. The van der Waals surface area contributed by atoms with Gasteiger partial charge in [0, 0.05) is 56.3 Å². The Morgan fingerprint density at radius 3 is 2.52 bits per heavy atom. The zero-order valence-electron chi connectivity index (χ0n) is 17.6. The van der Waals surface area contributed by atoms with Crippen LogP contribution in [-0.2, 0) is 7.05 Å². The molecule has 0 atom stereocenters. The molecule has 0 bridgehead atoms. The highest BCUT2D eigenvalue weighted by Gasteiger charge is 2.40. The van der Waals surface area contributed by atoms with Crippen LogP contribution in [0, 0.1) is 0 Å². The third-order valence-electron chi connectivity index (χ3n) is 5.31. The minimum absolute atomic E-state index is 0.141.